The van der Waals surface area contributed by atoms with Crippen LogP contribution in [0.2, 0.25) is 0 Å². The molecule has 152 valence electrons. The van der Waals surface area contributed by atoms with E-state index in [1.54, 1.807) is 20.0 Å². The van der Waals surface area contributed by atoms with Crippen LogP contribution in [0, 0.1) is 13.8 Å². The molecule has 2 aromatic heterocycles. The van der Waals surface area contributed by atoms with Crippen molar-refractivity contribution in [3.63, 3.8) is 0 Å². The highest BCUT2D eigenvalue weighted by molar-refractivity contribution is 7.89. The lowest BCUT2D eigenvalue weighted by molar-refractivity contribution is 0.122. The minimum atomic E-state index is -3.55. The van der Waals surface area contributed by atoms with E-state index in [9.17, 15) is 8.42 Å². The normalized spacial score (nSPS) is 19.2. The van der Waals surface area contributed by atoms with Gasteiger partial charge in [-0.3, -0.25) is 5.10 Å². The summed E-state index contributed by atoms with van der Waals surface area (Å²) in [7, 11) is -3.55. The first kappa shape index (κ1) is 19.1. The van der Waals surface area contributed by atoms with Gasteiger partial charge in [0, 0.05) is 45.3 Å². The lowest BCUT2D eigenvalue weighted by Gasteiger charge is -2.35. The Morgan fingerprint density at radius 3 is 2.39 bits per heavy atom. The van der Waals surface area contributed by atoms with Crippen molar-refractivity contribution >= 4 is 21.5 Å². The van der Waals surface area contributed by atoms with Gasteiger partial charge in [-0.1, -0.05) is 0 Å². The largest absolute Gasteiger partial charge is 0.378 e. The number of hydrogen-bond acceptors (Lipinski definition) is 8. The number of nitrogens with zero attached hydrogens (tertiary/aromatic N) is 6. The van der Waals surface area contributed by atoms with E-state index >= 15 is 0 Å². The number of sulfonamides is 1. The van der Waals surface area contributed by atoms with Crippen LogP contribution in [0.4, 0.5) is 11.5 Å². The molecule has 2 aromatic rings. The summed E-state index contributed by atoms with van der Waals surface area (Å²) in [5, 5.41) is 15.2. The van der Waals surface area contributed by atoms with Crippen LogP contribution in [0.15, 0.2) is 17.2 Å². The summed E-state index contributed by atoms with van der Waals surface area (Å²) >= 11 is 0. The molecule has 2 aliphatic heterocycles. The van der Waals surface area contributed by atoms with Crippen LogP contribution in [0.3, 0.4) is 0 Å². The van der Waals surface area contributed by atoms with Crippen molar-refractivity contribution in [2.24, 2.45) is 0 Å². The summed E-state index contributed by atoms with van der Waals surface area (Å²) in [5.41, 5.74) is 2.05. The first-order chi connectivity index (χ1) is 13.5. The van der Waals surface area contributed by atoms with Crippen LogP contribution in [0.25, 0.3) is 0 Å². The summed E-state index contributed by atoms with van der Waals surface area (Å²) in [6, 6.07) is 2.02. The molecule has 0 bridgehead atoms. The molecule has 2 fully saturated rings. The zero-order valence-corrected chi connectivity index (χ0v) is 16.9. The molecule has 2 aliphatic rings. The van der Waals surface area contributed by atoms with E-state index in [1.807, 2.05) is 6.07 Å². The molecule has 4 rings (SSSR count). The minimum absolute atomic E-state index is 0.293. The van der Waals surface area contributed by atoms with E-state index in [2.05, 4.69) is 30.2 Å². The van der Waals surface area contributed by atoms with Crippen LogP contribution < -0.4 is 9.80 Å². The Balaban J connectivity index is 1.46. The lowest BCUT2D eigenvalue weighted by atomic mass is 10.3. The molecule has 11 heteroatoms. The lowest BCUT2D eigenvalue weighted by Crippen LogP contribution is -2.49. The SMILES string of the molecule is Cc1n[nH]c(C)c1S(=O)(=O)N1CCN(c2cnnc(N3CCOCC3)c2)CC1. The van der Waals surface area contributed by atoms with Crippen molar-refractivity contribution in [2.75, 3.05) is 62.3 Å². The van der Waals surface area contributed by atoms with E-state index in [1.165, 1.54) is 4.31 Å². The molecule has 10 nitrogen and oxygen atoms in total. The highest BCUT2D eigenvalue weighted by Gasteiger charge is 2.32. The number of aromatic amines is 1. The van der Waals surface area contributed by atoms with Gasteiger partial charge in [0.15, 0.2) is 5.82 Å². The zero-order valence-electron chi connectivity index (χ0n) is 16.1. The van der Waals surface area contributed by atoms with Crippen LogP contribution in [-0.2, 0) is 14.8 Å². The number of nitrogens with one attached hydrogen (secondary N) is 1. The second kappa shape index (κ2) is 7.64. The van der Waals surface area contributed by atoms with Gasteiger partial charge in [-0.15, -0.1) is 5.10 Å². The minimum Gasteiger partial charge on any atom is -0.378 e. The second-order valence-electron chi connectivity index (χ2n) is 7.03. The fourth-order valence-corrected chi connectivity index (χ4v) is 5.46. The molecule has 4 heterocycles. The van der Waals surface area contributed by atoms with Gasteiger partial charge < -0.3 is 14.5 Å². The molecule has 0 amide bonds. The molecule has 0 atom stereocenters. The fraction of sp³-hybridized carbons (Fsp3) is 0.588. The van der Waals surface area contributed by atoms with E-state index in [4.69, 9.17) is 4.74 Å². The highest BCUT2D eigenvalue weighted by Crippen LogP contribution is 2.25. The molecule has 0 aromatic carbocycles. The van der Waals surface area contributed by atoms with Crippen molar-refractivity contribution in [3.05, 3.63) is 23.7 Å². The van der Waals surface area contributed by atoms with Gasteiger partial charge in [-0.2, -0.15) is 14.5 Å². The molecule has 0 aliphatic carbocycles. The molecular formula is C17H25N7O3S. The Labute approximate surface area is 164 Å². The van der Waals surface area contributed by atoms with Gasteiger partial charge >= 0.3 is 0 Å². The standard InChI is InChI=1S/C17H25N7O3S/c1-13-17(14(2)20-19-13)28(25,26)24-5-3-22(4-6-24)15-11-16(21-18-12-15)23-7-9-27-10-8-23/h11-12H,3-10H2,1-2H3,(H,19,20). The van der Waals surface area contributed by atoms with Crippen molar-refractivity contribution in [1.82, 2.24) is 24.7 Å². The monoisotopic (exact) mass is 407 g/mol. The van der Waals surface area contributed by atoms with E-state index in [-0.39, 0.29) is 0 Å². The summed E-state index contributed by atoms with van der Waals surface area (Å²) in [6.45, 7) is 8.46. The Morgan fingerprint density at radius 2 is 1.75 bits per heavy atom. The van der Waals surface area contributed by atoms with Crippen LogP contribution in [0.1, 0.15) is 11.4 Å². The number of ether oxygens (including phenoxy) is 1. The van der Waals surface area contributed by atoms with Gasteiger partial charge in [-0.25, -0.2) is 8.42 Å². The van der Waals surface area contributed by atoms with Gasteiger partial charge in [0.25, 0.3) is 0 Å². The summed E-state index contributed by atoms with van der Waals surface area (Å²) in [6.07, 6.45) is 1.73. The Hall–Kier alpha value is -2.24. The molecular weight excluding hydrogens is 382 g/mol. The molecule has 0 spiro atoms. The smallest absolute Gasteiger partial charge is 0.246 e. The molecule has 0 unspecified atom stereocenters. The molecule has 2 saturated heterocycles. The molecule has 0 radical (unpaired) electrons. The number of anilines is 2. The third kappa shape index (κ3) is 3.56. The van der Waals surface area contributed by atoms with Crippen LogP contribution in [0.5, 0.6) is 0 Å². The maximum absolute atomic E-state index is 13.0. The maximum atomic E-state index is 13.0. The first-order valence-corrected chi connectivity index (χ1v) is 10.8. The summed E-state index contributed by atoms with van der Waals surface area (Å²) in [4.78, 5) is 4.60. The Bertz CT molecular complexity index is 912. The topological polar surface area (TPSA) is 108 Å². The Kier molecular flexibility index (Phi) is 5.21. The predicted molar refractivity (Wildman–Crippen MR) is 104 cm³/mol. The number of aryl methyl sites for hydroxylation is 2. The van der Waals surface area contributed by atoms with Crippen LogP contribution in [-0.4, -0.2) is 85.6 Å². The summed E-state index contributed by atoms with van der Waals surface area (Å²) in [5.74, 6) is 0.834. The number of hydrogen-bond donors (Lipinski definition) is 1. The summed E-state index contributed by atoms with van der Waals surface area (Å²) < 4.78 is 32.9. The quantitative estimate of drug-likeness (QED) is 0.764. The second-order valence-corrected chi connectivity index (χ2v) is 8.90. The van der Waals surface area contributed by atoms with Crippen molar-refractivity contribution in [1.29, 1.82) is 0 Å². The van der Waals surface area contributed by atoms with E-state index in [0.29, 0.717) is 55.7 Å². The van der Waals surface area contributed by atoms with E-state index in [0.717, 1.165) is 24.6 Å². The number of aromatic nitrogens is 4. The van der Waals surface area contributed by atoms with E-state index < -0.39 is 10.0 Å². The van der Waals surface area contributed by atoms with Crippen LogP contribution >= 0.6 is 0 Å². The number of H-pyrrole nitrogens is 1. The van der Waals surface area contributed by atoms with Gasteiger partial charge in [0.05, 0.1) is 36.5 Å². The maximum Gasteiger partial charge on any atom is 0.246 e. The van der Waals surface area contributed by atoms with Gasteiger partial charge in [0.2, 0.25) is 10.0 Å². The molecule has 28 heavy (non-hydrogen) atoms. The predicted octanol–water partition coefficient (Wildman–Crippen LogP) is 0.164. The first-order valence-electron chi connectivity index (χ1n) is 9.39. The average Bonchev–Trinajstić information content (AvgIpc) is 3.08. The van der Waals surface area contributed by atoms with Crippen molar-refractivity contribution < 1.29 is 13.2 Å². The number of rotatable bonds is 4. The third-order valence-corrected chi connectivity index (χ3v) is 7.39. The average molecular weight is 408 g/mol. The van der Waals surface area contributed by atoms with Gasteiger partial charge in [0.1, 0.15) is 4.90 Å². The van der Waals surface area contributed by atoms with Crippen molar-refractivity contribution in [2.45, 2.75) is 18.7 Å². The fourth-order valence-electron chi connectivity index (χ4n) is 3.70. The van der Waals surface area contributed by atoms with Crippen molar-refractivity contribution in [3.8, 4) is 0 Å². The highest BCUT2D eigenvalue weighted by atomic mass is 32.2. The molecule has 0 saturated carbocycles. The molecule has 1 N–H and O–H groups in total. The zero-order chi connectivity index (χ0) is 19.7. The van der Waals surface area contributed by atoms with Gasteiger partial charge in [-0.05, 0) is 13.8 Å². The number of piperazine rings is 1. The number of morpholine rings is 1. The Morgan fingerprint density at radius 1 is 1.04 bits per heavy atom. The third-order valence-electron chi connectivity index (χ3n) is 5.22.